The summed E-state index contributed by atoms with van der Waals surface area (Å²) in [5, 5.41) is 0. The smallest absolute Gasteiger partial charge is 0.0331 e. The predicted molar refractivity (Wildman–Crippen MR) is 87.9 cm³/mol. The fraction of sp³-hybridized carbons (Fsp3) is 1.00. The lowest BCUT2D eigenvalue weighted by Gasteiger charge is -2.50. The van der Waals surface area contributed by atoms with E-state index in [1.807, 2.05) is 0 Å². The molecule has 1 saturated carbocycles. The van der Waals surface area contributed by atoms with Crippen molar-refractivity contribution in [1.82, 2.24) is 4.90 Å². The summed E-state index contributed by atoms with van der Waals surface area (Å²) in [4.78, 5) is 2.79. The van der Waals surface area contributed by atoms with Crippen molar-refractivity contribution in [1.29, 1.82) is 0 Å². The van der Waals surface area contributed by atoms with Crippen LogP contribution in [0.25, 0.3) is 0 Å². The van der Waals surface area contributed by atoms with Gasteiger partial charge in [-0.15, -0.1) is 0 Å². The Morgan fingerprint density at radius 2 is 1.65 bits per heavy atom. The topological polar surface area (TPSA) is 29.3 Å². The van der Waals surface area contributed by atoms with Crippen molar-refractivity contribution in [2.75, 3.05) is 19.6 Å². The molecule has 2 nitrogen and oxygen atoms in total. The molecule has 2 rings (SSSR count). The second kappa shape index (κ2) is 6.79. The molecule has 2 fully saturated rings. The summed E-state index contributed by atoms with van der Waals surface area (Å²) in [6.07, 6.45) is 12.3. The van der Waals surface area contributed by atoms with Gasteiger partial charge in [-0.3, -0.25) is 4.90 Å². The molecule has 1 heterocycles. The van der Waals surface area contributed by atoms with E-state index in [-0.39, 0.29) is 0 Å². The second-order valence-electron chi connectivity index (χ2n) is 7.66. The number of likely N-dealkylation sites (tertiary alicyclic amines) is 1. The minimum absolute atomic E-state index is 0.332. The summed E-state index contributed by atoms with van der Waals surface area (Å²) in [7, 11) is 0. The lowest BCUT2D eigenvalue weighted by atomic mass is 9.72. The maximum absolute atomic E-state index is 6.27. The van der Waals surface area contributed by atoms with Crippen molar-refractivity contribution in [3.63, 3.8) is 0 Å². The van der Waals surface area contributed by atoms with Crippen LogP contribution in [-0.2, 0) is 0 Å². The first-order chi connectivity index (χ1) is 9.60. The summed E-state index contributed by atoms with van der Waals surface area (Å²) in [6, 6.07) is 0. The van der Waals surface area contributed by atoms with Gasteiger partial charge in [0.05, 0.1) is 0 Å². The molecule has 0 bridgehead atoms. The largest absolute Gasteiger partial charge is 0.329 e. The van der Waals surface area contributed by atoms with Gasteiger partial charge in [-0.05, 0) is 56.5 Å². The van der Waals surface area contributed by atoms with E-state index in [2.05, 4.69) is 25.7 Å². The SMILES string of the molecule is CCC1(CC)CCN(C2(CN)CCCC(C)CC2)CC1. The van der Waals surface area contributed by atoms with Crippen molar-refractivity contribution in [2.45, 2.75) is 84.1 Å². The van der Waals surface area contributed by atoms with E-state index in [4.69, 9.17) is 5.73 Å². The number of hydrogen-bond acceptors (Lipinski definition) is 2. The van der Waals surface area contributed by atoms with Crippen LogP contribution >= 0.6 is 0 Å². The van der Waals surface area contributed by atoms with Crippen molar-refractivity contribution in [2.24, 2.45) is 17.1 Å². The minimum Gasteiger partial charge on any atom is -0.329 e. The number of rotatable bonds is 4. The fourth-order valence-corrected chi connectivity index (χ4v) is 4.63. The normalized spacial score (nSPS) is 35.7. The zero-order valence-electron chi connectivity index (χ0n) is 14.1. The molecule has 0 radical (unpaired) electrons. The minimum atomic E-state index is 0.332. The van der Waals surface area contributed by atoms with Gasteiger partial charge in [-0.2, -0.15) is 0 Å². The van der Waals surface area contributed by atoms with Crippen LogP contribution in [0.4, 0.5) is 0 Å². The summed E-state index contributed by atoms with van der Waals surface area (Å²) in [5.74, 6) is 0.901. The molecule has 2 N–H and O–H groups in total. The first kappa shape index (κ1) is 16.3. The Balaban J connectivity index is 2.02. The quantitative estimate of drug-likeness (QED) is 0.783. The van der Waals surface area contributed by atoms with Crippen LogP contribution in [0.1, 0.15) is 78.6 Å². The van der Waals surface area contributed by atoms with Gasteiger partial charge in [0.1, 0.15) is 0 Å². The molecule has 0 spiro atoms. The molecule has 0 amide bonds. The molecule has 0 aromatic rings. The van der Waals surface area contributed by atoms with Crippen molar-refractivity contribution in [3.8, 4) is 0 Å². The van der Waals surface area contributed by atoms with Crippen LogP contribution < -0.4 is 5.73 Å². The third-order valence-electron chi connectivity index (χ3n) is 6.82. The number of nitrogens with two attached hydrogens (primary N) is 1. The van der Waals surface area contributed by atoms with E-state index in [0.717, 1.165) is 12.5 Å². The molecule has 2 heteroatoms. The summed E-state index contributed by atoms with van der Waals surface area (Å²) in [6.45, 7) is 10.6. The van der Waals surface area contributed by atoms with Crippen LogP contribution in [0.15, 0.2) is 0 Å². The van der Waals surface area contributed by atoms with Gasteiger partial charge in [0, 0.05) is 12.1 Å². The average molecular weight is 280 g/mol. The Labute approximate surface area is 126 Å². The van der Waals surface area contributed by atoms with Gasteiger partial charge in [0.15, 0.2) is 0 Å². The Morgan fingerprint density at radius 1 is 1.00 bits per heavy atom. The van der Waals surface area contributed by atoms with Crippen LogP contribution in [0.5, 0.6) is 0 Å². The van der Waals surface area contributed by atoms with E-state index in [1.165, 1.54) is 70.9 Å². The number of hydrogen-bond donors (Lipinski definition) is 1. The molecule has 2 atom stereocenters. The fourth-order valence-electron chi connectivity index (χ4n) is 4.63. The Morgan fingerprint density at radius 3 is 2.20 bits per heavy atom. The van der Waals surface area contributed by atoms with Gasteiger partial charge < -0.3 is 5.73 Å². The molecule has 0 aromatic heterocycles. The molecule has 2 aliphatic rings. The van der Waals surface area contributed by atoms with Gasteiger partial charge in [-0.1, -0.05) is 46.5 Å². The van der Waals surface area contributed by atoms with E-state index in [0.29, 0.717) is 11.0 Å². The van der Waals surface area contributed by atoms with Crippen LogP contribution in [0.2, 0.25) is 0 Å². The molecule has 0 aromatic carbocycles. The lowest BCUT2D eigenvalue weighted by Crippen LogP contribution is -2.57. The van der Waals surface area contributed by atoms with Crippen LogP contribution in [0.3, 0.4) is 0 Å². The number of piperidine rings is 1. The molecule has 1 saturated heterocycles. The first-order valence-corrected chi connectivity index (χ1v) is 9.05. The summed E-state index contributed by atoms with van der Waals surface area (Å²) < 4.78 is 0. The third-order valence-corrected chi connectivity index (χ3v) is 6.82. The molecular weight excluding hydrogens is 244 g/mol. The summed E-state index contributed by atoms with van der Waals surface area (Å²) in [5.41, 5.74) is 7.24. The first-order valence-electron chi connectivity index (χ1n) is 9.05. The molecular formula is C18H36N2. The maximum Gasteiger partial charge on any atom is 0.0331 e. The van der Waals surface area contributed by atoms with Crippen molar-refractivity contribution in [3.05, 3.63) is 0 Å². The molecule has 1 aliphatic carbocycles. The van der Waals surface area contributed by atoms with Crippen LogP contribution in [0, 0.1) is 11.3 Å². The highest BCUT2D eigenvalue weighted by atomic mass is 15.2. The standard InChI is InChI=1S/C18H36N2/c1-4-17(5-2)11-13-20(14-12-17)18(15-19)9-6-7-16(3)8-10-18/h16H,4-15,19H2,1-3H3. The molecule has 118 valence electrons. The Kier molecular flexibility index (Phi) is 5.53. The monoisotopic (exact) mass is 280 g/mol. The highest BCUT2D eigenvalue weighted by molar-refractivity contribution is 4.97. The van der Waals surface area contributed by atoms with E-state index in [9.17, 15) is 0 Å². The lowest BCUT2D eigenvalue weighted by molar-refractivity contribution is 0.00739. The van der Waals surface area contributed by atoms with Crippen molar-refractivity contribution >= 4 is 0 Å². The Hall–Kier alpha value is -0.0800. The molecule has 2 unspecified atom stereocenters. The highest BCUT2D eigenvalue weighted by Crippen LogP contribution is 2.42. The van der Waals surface area contributed by atoms with Crippen molar-refractivity contribution < 1.29 is 0 Å². The summed E-state index contributed by atoms with van der Waals surface area (Å²) >= 11 is 0. The number of nitrogens with zero attached hydrogens (tertiary/aromatic N) is 1. The zero-order valence-corrected chi connectivity index (χ0v) is 14.1. The average Bonchev–Trinajstić information content (AvgIpc) is 2.70. The Bertz CT molecular complexity index is 288. The predicted octanol–water partition coefficient (Wildman–Crippen LogP) is 4.19. The molecule has 20 heavy (non-hydrogen) atoms. The highest BCUT2D eigenvalue weighted by Gasteiger charge is 2.41. The van der Waals surface area contributed by atoms with Gasteiger partial charge in [-0.25, -0.2) is 0 Å². The van der Waals surface area contributed by atoms with Gasteiger partial charge >= 0.3 is 0 Å². The zero-order chi connectivity index (χ0) is 14.6. The second-order valence-corrected chi connectivity index (χ2v) is 7.66. The van der Waals surface area contributed by atoms with E-state index in [1.54, 1.807) is 0 Å². The van der Waals surface area contributed by atoms with Gasteiger partial charge in [0.2, 0.25) is 0 Å². The van der Waals surface area contributed by atoms with E-state index < -0.39 is 0 Å². The maximum atomic E-state index is 6.27. The van der Waals surface area contributed by atoms with Crippen LogP contribution in [-0.4, -0.2) is 30.1 Å². The van der Waals surface area contributed by atoms with E-state index >= 15 is 0 Å². The third kappa shape index (κ3) is 3.22. The van der Waals surface area contributed by atoms with Gasteiger partial charge in [0.25, 0.3) is 0 Å². The molecule has 1 aliphatic heterocycles.